The van der Waals surface area contributed by atoms with Crippen LogP contribution >= 0.6 is 0 Å². The molecule has 1 saturated carbocycles. The molecule has 0 amide bonds. The monoisotopic (exact) mass is 245 g/mol. The smallest absolute Gasteiger partial charge is 0.122 e. The van der Waals surface area contributed by atoms with E-state index in [0.29, 0.717) is 5.75 Å². The minimum Gasteiger partial charge on any atom is -0.507 e. The van der Waals surface area contributed by atoms with E-state index in [2.05, 4.69) is 13.8 Å². The molecule has 0 aromatic heterocycles. The van der Waals surface area contributed by atoms with Crippen molar-refractivity contribution in [3.63, 3.8) is 0 Å². The zero-order valence-corrected chi connectivity index (χ0v) is 11.5. The molecule has 0 aliphatic heterocycles. The Labute approximate surface area is 109 Å². The lowest BCUT2D eigenvalue weighted by molar-refractivity contribution is 0.455. The average molecular weight is 245 g/mol. The summed E-state index contributed by atoms with van der Waals surface area (Å²) in [7, 11) is 0. The molecular weight excluding hydrogens is 222 g/mol. The van der Waals surface area contributed by atoms with Gasteiger partial charge in [0, 0.05) is 5.54 Å². The van der Waals surface area contributed by atoms with E-state index in [-0.39, 0.29) is 5.54 Å². The third kappa shape index (κ3) is 1.83. The summed E-state index contributed by atoms with van der Waals surface area (Å²) in [6.45, 7) is 4.24. The molecule has 3 rings (SSSR count). The first-order valence-electron chi connectivity index (χ1n) is 7.13. The molecule has 0 atom stereocenters. The number of phenols is 1. The highest BCUT2D eigenvalue weighted by Gasteiger charge is 2.39. The second kappa shape index (κ2) is 3.99. The van der Waals surface area contributed by atoms with Gasteiger partial charge < -0.3 is 10.8 Å². The van der Waals surface area contributed by atoms with Crippen molar-refractivity contribution in [3.05, 3.63) is 27.8 Å². The second-order valence-electron chi connectivity index (χ2n) is 6.28. The molecule has 1 fully saturated rings. The summed E-state index contributed by atoms with van der Waals surface area (Å²) in [5, 5.41) is 10.5. The van der Waals surface area contributed by atoms with Gasteiger partial charge in [-0.3, -0.25) is 0 Å². The first-order valence-corrected chi connectivity index (χ1v) is 7.13. The summed E-state index contributed by atoms with van der Waals surface area (Å²) in [4.78, 5) is 0. The molecule has 0 bridgehead atoms. The Morgan fingerprint density at radius 1 is 1.06 bits per heavy atom. The van der Waals surface area contributed by atoms with E-state index in [4.69, 9.17) is 5.73 Å². The Morgan fingerprint density at radius 3 is 2.17 bits per heavy atom. The van der Waals surface area contributed by atoms with E-state index in [9.17, 15) is 5.11 Å². The Balaban J connectivity index is 2.10. The fraction of sp³-hybridized carbons (Fsp3) is 0.625. The molecule has 2 aliphatic rings. The first-order chi connectivity index (χ1) is 8.52. The number of nitrogens with two attached hydrogens (primary N) is 1. The van der Waals surface area contributed by atoms with Crippen LogP contribution in [0.1, 0.15) is 53.5 Å². The average Bonchev–Trinajstić information content (AvgIpc) is 3.10. The molecule has 2 nitrogen and oxygen atoms in total. The van der Waals surface area contributed by atoms with Gasteiger partial charge in [-0.15, -0.1) is 0 Å². The van der Waals surface area contributed by atoms with Crippen LogP contribution in [0.2, 0.25) is 0 Å². The van der Waals surface area contributed by atoms with Crippen LogP contribution in [-0.4, -0.2) is 10.6 Å². The zero-order valence-electron chi connectivity index (χ0n) is 11.5. The van der Waals surface area contributed by atoms with Crippen LogP contribution in [0.4, 0.5) is 0 Å². The van der Waals surface area contributed by atoms with E-state index < -0.39 is 0 Å². The summed E-state index contributed by atoms with van der Waals surface area (Å²) < 4.78 is 0. The largest absolute Gasteiger partial charge is 0.507 e. The standard InChI is InChI=1S/C16H23NO/c1-10-12-5-3-4-6-13(12)11(2)15(18)14(10)9-16(17)7-8-16/h18H,3-9,17H2,1-2H3. The maximum absolute atomic E-state index is 10.5. The van der Waals surface area contributed by atoms with Crippen molar-refractivity contribution in [2.45, 2.75) is 64.3 Å². The van der Waals surface area contributed by atoms with Crippen molar-refractivity contribution < 1.29 is 5.11 Å². The third-order valence-electron chi connectivity index (χ3n) is 4.89. The fourth-order valence-electron chi connectivity index (χ4n) is 3.37. The highest BCUT2D eigenvalue weighted by molar-refractivity contribution is 5.55. The Morgan fingerprint density at radius 2 is 1.61 bits per heavy atom. The normalized spacial score (nSPS) is 20.6. The molecule has 98 valence electrons. The van der Waals surface area contributed by atoms with Crippen molar-refractivity contribution in [3.8, 4) is 5.75 Å². The van der Waals surface area contributed by atoms with Gasteiger partial charge in [0.05, 0.1) is 0 Å². The van der Waals surface area contributed by atoms with Gasteiger partial charge >= 0.3 is 0 Å². The minimum absolute atomic E-state index is 0.0302. The maximum Gasteiger partial charge on any atom is 0.122 e. The lowest BCUT2D eigenvalue weighted by atomic mass is 9.81. The summed E-state index contributed by atoms with van der Waals surface area (Å²) in [5.41, 5.74) is 12.6. The van der Waals surface area contributed by atoms with E-state index in [1.54, 1.807) is 0 Å². The molecule has 0 heterocycles. The summed E-state index contributed by atoms with van der Waals surface area (Å²) >= 11 is 0. The van der Waals surface area contributed by atoms with E-state index >= 15 is 0 Å². The molecule has 0 spiro atoms. The van der Waals surface area contributed by atoms with Crippen LogP contribution in [0.15, 0.2) is 0 Å². The number of hydrogen-bond donors (Lipinski definition) is 2. The Bertz CT molecular complexity index is 501. The summed E-state index contributed by atoms with van der Waals surface area (Å²) in [6, 6.07) is 0. The zero-order chi connectivity index (χ0) is 12.9. The van der Waals surface area contributed by atoms with Crippen LogP contribution in [-0.2, 0) is 19.3 Å². The Hall–Kier alpha value is -1.02. The molecular formula is C16H23NO. The molecule has 0 saturated heterocycles. The molecule has 1 aromatic rings. The third-order valence-corrected chi connectivity index (χ3v) is 4.89. The minimum atomic E-state index is -0.0302. The van der Waals surface area contributed by atoms with Crippen molar-refractivity contribution in [2.24, 2.45) is 5.73 Å². The van der Waals surface area contributed by atoms with E-state index in [0.717, 1.165) is 36.8 Å². The van der Waals surface area contributed by atoms with Gasteiger partial charge in [0.15, 0.2) is 0 Å². The molecule has 0 unspecified atom stereocenters. The van der Waals surface area contributed by atoms with E-state index in [1.165, 1.54) is 36.0 Å². The fourth-order valence-corrected chi connectivity index (χ4v) is 3.37. The van der Waals surface area contributed by atoms with Crippen molar-refractivity contribution in [1.29, 1.82) is 0 Å². The van der Waals surface area contributed by atoms with Gasteiger partial charge in [-0.25, -0.2) is 0 Å². The molecule has 1 aromatic carbocycles. The lowest BCUT2D eigenvalue weighted by Crippen LogP contribution is -2.25. The quantitative estimate of drug-likeness (QED) is 0.841. The van der Waals surface area contributed by atoms with E-state index in [1.807, 2.05) is 0 Å². The number of phenolic OH excluding ortho intramolecular Hbond substituents is 1. The van der Waals surface area contributed by atoms with Crippen LogP contribution in [0, 0.1) is 13.8 Å². The number of fused-ring (bicyclic) bond motifs is 1. The van der Waals surface area contributed by atoms with Gasteiger partial charge in [0.25, 0.3) is 0 Å². The number of benzene rings is 1. The molecule has 18 heavy (non-hydrogen) atoms. The molecule has 2 aliphatic carbocycles. The van der Waals surface area contributed by atoms with Crippen molar-refractivity contribution in [1.82, 2.24) is 0 Å². The van der Waals surface area contributed by atoms with Crippen molar-refractivity contribution >= 4 is 0 Å². The molecule has 3 N–H and O–H groups in total. The summed E-state index contributed by atoms with van der Waals surface area (Å²) in [6.07, 6.45) is 7.89. The SMILES string of the molecule is Cc1c(O)c(CC2(N)CC2)c(C)c2c1CCCC2. The van der Waals surface area contributed by atoms with Crippen LogP contribution in [0.25, 0.3) is 0 Å². The molecule has 2 heteroatoms. The van der Waals surface area contributed by atoms with Crippen LogP contribution in [0.3, 0.4) is 0 Å². The highest BCUT2D eigenvalue weighted by Crippen LogP contribution is 2.42. The maximum atomic E-state index is 10.5. The summed E-state index contributed by atoms with van der Waals surface area (Å²) in [5.74, 6) is 0.518. The van der Waals surface area contributed by atoms with Gasteiger partial charge in [-0.1, -0.05) is 0 Å². The van der Waals surface area contributed by atoms with Gasteiger partial charge in [-0.2, -0.15) is 0 Å². The van der Waals surface area contributed by atoms with Crippen LogP contribution in [0.5, 0.6) is 5.75 Å². The number of aromatic hydroxyl groups is 1. The van der Waals surface area contributed by atoms with Gasteiger partial charge in [0.1, 0.15) is 5.75 Å². The predicted molar refractivity (Wildman–Crippen MR) is 74.1 cm³/mol. The number of rotatable bonds is 2. The highest BCUT2D eigenvalue weighted by atomic mass is 16.3. The van der Waals surface area contributed by atoms with Crippen LogP contribution < -0.4 is 5.73 Å². The number of hydrogen-bond acceptors (Lipinski definition) is 2. The lowest BCUT2D eigenvalue weighted by Gasteiger charge is -2.25. The van der Waals surface area contributed by atoms with Crippen molar-refractivity contribution in [2.75, 3.05) is 0 Å². The second-order valence-corrected chi connectivity index (χ2v) is 6.28. The molecule has 0 radical (unpaired) electrons. The van der Waals surface area contributed by atoms with Gasteiger partial charge in [-0.05, 0) is 86.6 Å². The van der Waals surface area contributed by atoms with Gasteiger partial charge in [0.2, 0.25) is 0 Å². The Kier molecular flexibility index (Phi) is 2.67. The first kappa shape index (κ1) is 12.0. The topological polar surface area (TPSA) is 46.2 Å². The predicted octanol–water partition coefficient (Wildman–Crippen LogP) is 2.92.